The molecule has 0 unspecified atom stereocenters. The fourth-order valence-corrected chi connectivity index (χ4v) is 3.65. The Bertz CT molecular complexity index is 1120. The number of aromatic nitrogens is 2. The van der Waals surface area contributed by atoms with Gasteiger partial charge in [0.05, 0.1) is 11.3 Å². The van der Waals surface area contributed by atoms with Crippen LogP contribution in [0, 0.1) is 18.8 Å². The molecule has 0 bridgehead atoms. The van der Waals surface area contributed by atoms with E-state index in [4.69, 9.17) is 4.98 Å². The Morgan fingerprint density at radius 3 is 2.64 bits per heavy atom. The van der Waals surface area contributed by atoms with Crippen molar-refractivity contribution in [3.05, 3.63) is 80.9 Å². The Morgan fingerprint density at radius 2 is 1.86 bits per heavy atom. The van der Waals surface area contributed by atoms with Crippen LogP contribution in [0.3, 0.4) is 0 Å². The summed E-state index contributed by atoms with van der Waals surface area (Å²) in [6, 6.07) is 12.0. The maximum Gasteiger partial charge on any atom is 0.262 e. The second-order valence-electron chi connectivity index (χ2n) is 7.43. The van der Waals surface area contributed by atoms with Crippen LogP contribution in [0.2, 0.25) is 0 Å². The van der Waals surface area contributed by atoms with Gasteiger partial charge in [-0.2, -0.15) is 0 Å². The van der Waals surface area contributed by atoms with E-state index in [2.05, 4.69) is 42.7 Å². The zero-order valence-corrected chi connectivity index (χ0v) is 16.5. The van der Waals surface area contributed by atoms with Crippen molar-refractivity contribution in [1.82, 2.24) is 14.3 Å². The van der Waals surface area contributed by atoms with Gasteiger partial charge in [0, 0.05) is 23.9 Å². The molecule has 1 aromatic carbocycles. The third-order valence-corrected chi connectivity index (χ3v) is 5.38. The first-order valence-electron chi connectivity index (χ1n) is 9.99. The predicted octanol–water partition coefficient (Wildman–Crippen LogP) is 3.56. The van der Waals surface area contributed by atoms with Crippen molar-refractivity contribution in [1.29, 1.82) is 0 Å². The van der Waals surface area contributed by atoms with E-state index in [0.717, 1.165) is 54.7 Å². The number of hydrogen-bond acceptors (Lipinski definition) is 3. The quantitative estimate of drug-likeness (QED) is 0.614. The lowest BCUT2D eigenvalue weighted by Crippen LogP contribution is -2.32. The van der Waals surface area contributed by atoms with Crippen LogP contribution in [0.15, 0.2) is 47.4 Å². The third-order valence-electron chi connectivity index (χ3n) is 5.38. The standard InChI is InChI=1S/C24H25N3O/c1-3-26-14-5-4-6-22-21(17-26)24(28)27-15-13-20(16-23(27)25-22)12-11-19-9-7-18(2)8-10-19/h7-10,13,15-16H,3-6,14,17H2,1-2H3. The number of fused-ring (bicyclic) bond motifs is 2. The van der Waals surface area contributed by atoms with Gasteiger partial charge in [-0.1, -0.05) is 36.5 Å². The summed E-state index contributed by atoms with van der Waals surface area (Å²) < 4.78 is 1.66. The normalized spacial score (nSPS) is 14.6. The van der Waals surface area contributed by atoms with E-state index in [1.54, 1.807) is 10.6 Å². The summed E-state index contributed by atoms with van der Waals surface area (Å²) in [5, 5.41) is 0. The monoisotopic (exact) mass is 371 g/mol. The molecule has 4 rings (SSSR count). The Balaban J connectivity index is 1.73. The first-order valence-corrected chi connectivity index (χ1v) is 9.99. The van der Waals surface area contributed by atoms with Crippen molar-refractivity contribution in [3.63, 3.8) is 0 Å². The second kappa shape index (κ2) is 8.00. The van der Waals surface area contributed by atoms with Crippen molar-refractivity contribution in [2.24, 2.45) is 0 Å². The summed E-state index contributed by atoms with van der Waals surface area (Å²) in [7, 11) is 0. The molecule has 3 heterocycles. The van der Waals surface area contributed by atoms with E-state index in [-0.39, 0.29) is 5.56 Å². The molecule has 0 saturated heterocycles. The van der Waals surface area contributed by atoms with Gasteiger partial charge in [0.1, 0.15) is 5.65 Å². The van der Waals surface area contributed by atoms with Gasteiger partial charge in [0.25, 0.3) is 5.56 Å². The van der Waals surface area contributed by atoms with E-state index >= 15 is 0 Å². The number of rotatable bonds is 1. The van der Waals surface area contributed by atoms with Gasteiger partial charge in [-0.25, -0.2) is 4.98 Å². The summed E-state index contributed by atoms with van der Waals surface area (Å²) in [5.74, 6) is 6.39. The molecule has 0 amide bonds. The molecule has 0 saturated carbocycles. The number of benzene rings is 1. The Kier molecular flexibility index (Phi) is 5.27. The SMILES string of the molecule is CCN1CCCCc2nc3cc(C#Cc4ccc(C)cc4)ccn3c(=O)c2C1. The molecule has 0 fully saturated rings. The lowest BCUT2D eigenvalue weighted by Gasteiger charge is -2.24. The predicted molar refractivity (Wildman–Crippen MR) is 113 cm³/mol. The van der Waals surface area contributed by atoms with Crippen molar-refractivity contribution < 1.29 is 0 Å². The van der Waals surface area contributed by atoms with Crippen molar-refractivity contribution in [2.75, 3.05) is 13.1 Å². The first-order chi connectivity index (χ1) is 13.6. The van der Waals surface area contributed by atoms with E-state index in [1.165, 1.54) is 5.56 Å². The van der Waals surface area contributed by atoms with Gasteiger partial charge in [-0.15, -0.1) is 0 Å². The highest BCUT2D eigenvalue weighted by Gasteiger charge is 2.18. The van der Waals surface area contributed by atoms with E-state index in [1.807, 2.05) is 24.3 Å². The summed E-state index contributed by atoms with van der Waals surface area (Å²) in [5.41, 5.74) is 5.60. The first kappa shape index (κ1) is 18.5. The number of hydrogen-bond donors (Lipinski definition) is 0. The van der Waals surface area contributed by atoms with Crippen LogP contribution in [0.5, 0.6) is 0 Å². The Labute approximate surface area is 165 Å². The molecule has 0 aliphatic carbocycles. The van der Waals surface area contributed by atoms with Crippen molar-refractivity contribution in [2.45, 2.75) is 39.7 Å². The topological polar surface area (TPSA) is 37.6 Å². The number of aryl methyl sites for hydroxylation is 2. The lowest BCUT2D eigenvalue weighted by atomic mass is 10.1. The molecule has 0 radical (unpaired) electrons. The van der Waals surface area contributed by atoms with Gasteiger partial charge in [-0.3, -0.25) is 14.1 Å². The molecule has 28 heavy (non-hydrogen) atoms. The van der Waals surface area contributed by atoms with E-state index in [9.17, 15) is 4.79 Å². The number of nitrogens with zero attached hydrogens (tertiary/aromatic N) is 3. The molecule has 4 nitrogen and oxygen atoms in total. The van der Waals surface area contributed by atoms with Crippen LogP contribution >= 0.6 is 0 Å². The molecule has 3 aromatic rings. The summed E-state index contributed by atoms with van der Waals surface area (Å²) in [6.07, 6.45) is 4.90. The zero-order chi connectivity index (χ0) is 19.5. The molecule has 4 heteroatoms. The van der Waals surface area contributed by atoms with Crippen molar-refractivity contribution in [3.8, 4) is 11.8 Å². The highest BCUT2D eigenvalue weighted by atomic mass is 16.1. The van der Waals surface area contributed by atoms with Crippen LogP contribution in [-0.2, 0) is 13.0 Å². The molecule has 0 spiro atoms. The molecule has 0 atom stereocenters. The van der Waals surface area contributed by atoms with Crippen LogP contribution in [0.25, 0.3) is 5.65 Å². The molecule has 2 aromatic heterocycles. The summed E-state index contributed by atoms with van der Waals surface area (Å²) in [6.45, 7) is 6.90. The number of pyridine rings is 1. The van der Waals surface area contributed by atoms with Gasteiger partial charge >= 0.3 is 0 Å². The van der Waals surface area contributed by atoms with Crippen LogP contribution in [0.4, 0.5) is 0 Å². The molecule has 142 valence electrons. The fourth-order valence-electron chi connectivity index (χ4n) is 3.65. The Hall–Kier alpha value is -2.90. The van der Waals surface area contributed by atoms with Crippen LogP contribution < -0.4 is 5.56 Å². The molecule has 1 aliphatic rings. The largest absolute Gasteiger partial charge is 0.299 e. The minimum absolute atomic E-state index is 0.0541. The highest BCUT2D eigenvalue weighted by Crippen LogP contribution is 2.15. The highest BCUT2D eigenvalue weighted by molar-refractivity contribution is 5.51. The van der Waals surface area contributed by atoms with Gasteiger partial charge < -0.3 is 0 Å². The maximum absolute atomic E-state index is 13.1. The minimum atomic E-state index is 0.0541. The van der Waals surface area contributed by atoms with Crippen molar-refractivity contribution >= 4 is 5.65 Å². The summed E-state index contributed by atoms with van der Waals surface area (Å²) >= 11 is 0. The third kappa shape index (κ3) is 3.85. The molecular weight excluding hydrogens is 346 g/mol. The molecular formula is C24H25N3O. The van der Waals surface area contributed by atoms with Crippen LogP contribution in [0.1, 0.15) is 47.7 Å². The Morgan fingerprint density at radius 1 is 1.07 bits per heavy atom. The fraction of sp³-hybridized carbons (Fsp3) is 0.333. The summed E-state index contributed by atoms with van der Waals surface area (Å²) in [4.78, 5) is 20.3. The van der Waals surface area contributed by atoms with E-state index < -0.39 is 0 Å². The maximum atomic E-state index is 13.1. The minimum Gasteiger partial charge on any atom is -0.299 e. The zero-order valence-electron chi connectivity index (χ0n) is 16.5. The van der Waals surface area contributed by atoms with Crippen LogP contribution in [-0.4, -0.2) is 27.4 Å². The molecule has 0 N–H and O–H groups in total. The lowest BCUT2D eigenvalue weighted by molar-refractivity contribution is 0.265. The average Bonchev–Trinajstić information content (AvgIpc) is 2.69. The van der Waals surface area contributed by atoms with Gasteiger partial charge in [-0.05, 0) is 63.5 Å². The van der Waals surface area contributed by atoms with Gasteiger partial charge in [0.15, 0.2) is 0 Å². The molecule has 1 aliphatic heterocycles. The smallest absolute Gasteiger partial charge is 0.262 e. The van der Waals surface area contributed by atoms with E-state index in [0.29, 0.717) is 12.2 Å². The second-order valence-corrected chi connectivity index (χ2v) is 7.43. The van der Waals surface area contributed by atoms with Gasteiger partial charge in [0.2, 0.25) is 0 Å². The average molecular weight is 371 g/mol.